The van der Waals surface area contributed by atoms with Crippen molar-refractivity contribution in [3.8, 4) is 0 Å². The van der Waals surface area contributed by atoms with Gasteiger partial charge in [-0.2, -0.15) is 0 Å². The van der Waals surface area contributed by atoms with Gasteiger partial charge in [-0.15, -0.1) is 0 Å². The first-order chi connectivity index (χ1) is 7.77. The lowest BCUT2D eigenvalue weighted by Gasteiger charge is -2.21. The highest BCUT2D eigenvalue weighted by Gasteiger charge is 2.18. The maximum absolute atomic E-state index is 5.95. The highest BCUT2D eigenvalue weighted by atomic mass is 32.4. The van der Waals surface area contributed by atoms with Gasteiger partial charge < -0.3 is 0 Å². The van der Waals surface area contributed by atoms with Crippen LogP contribution in [0.3, 0.4) is 0 Å². The van der Waals surface area contributed by atoms with Gasteiger partial charge in [-0.05, 0) is 16.8 Å². The van der Waals surface area contributed by atoms with Crippen LogP contribution >= 0.6 is 6.04 Å². The molecule has 0 spiro atoms. The monoisotopic (exact) mass is 246 g/mol. The molecule has 0 aliphatic heterocycles. The van der Waals surface area contributed by atoms with Crippen LogP contribution in [-0.2, 0) is 11.8 Å². The van der Waals surface area contributed by atoms with E-state index in [1.165, 1.54) is 10.6 Å². The first kappa shape index (κ1) is 11.6. The van der Waals surface area contributed by atoms with Gasteiger partial charge in [0.25, 0.3) is 0 Å². The molecular weight excluding hydrogens is 231 g/mol. The van der Waals surface area contributed by atoms with Gasteiger partial charge in [-0.25, -0.2) is 0 Å². The minimum absolute atomic E-state index is 1.04. The van der Waals surface area contributed by atoms with Crippen LogP contribution in [0.4, 0.5) is 0 Å². The van der Waals surface area contributed by atoms with Gasteiger partial charge in [0.1, 0.15) is 0 Å². The second-order valence-electron chi connectivity index (χ2n) is 3.73. The summed E-state index contributed by atoms with van der Waals surface area (Å²) in [6.07, 6.45) is 1.04. The van der Waals surface area contributed by atoms with Crippen LogP contribution in [0.15, 0.2) is 60.7 Å². The van der Waals surface area contributed by atoms with Crippen molar-refractivity contribution < 1.29 is 0 Å². The van der Waals surface area contributed by atoms with E-state index in [0.29, 0.717) is 0 Å². The van der Waals surface area contributed by atoms with Crippen LogP contribution in [0.1, 0.15) is 6.92 Å². The SMILES string of the molecule is CCP(=S)(c1ccccc1)c1ccccc1. The van der Waals surface area contributed by atoms with Crippen molar-refractivity contribution in [3.63, 3.8) is 0 Å². The zero-order chi connectivity index (χ0) is 11.4. The van der Waals surface area contributed by atoms with Crippen LogP contribution in [-0.4, -0.2) is 6.16 Å². The molecule has 0 aliphatic rings. The molecule has 0 fully saturated rings. The lowest BCUT2D eigenvalue weighted by Crippen LogP contribution is -2.16. The Hall–Kier alpha value is -0.910. The molecule has 0 N–H and O–H groups in total. The van der Waals surface area contributed by atoms with Crippen molar-refractivity contribution in [1.29, 1.82) is 0 Å². The average molecular weight is 246 g/mol. The van der Waals surface area contributed by atoms with E-state index in [2.05, 4.69) is 55.5 Å². The Kier molecular flexibility index (Phi) is 3.58. The zero-order valence-electron chi connectivity index (χ0n) is 9.34. The lowest BCUT2D eigenvalue weighted by molar-refractivity contribution is 1.50. The molecule has 0 heterocycles. The van der Waals surface area contributed by atoms with E-state index in [4.69, 9.17) is 11.8 Å². The number of benzene rings is 2. The average Bonchev–Trinajstić information content (AvgIpc) is 2.40. The Bertz CT molecular complexity index is 447. The van der Waals surface area contributed by atoms with E-state index in [0.717, 1.165) is 6.16 Å². The fourth-order valence-corrected chi connectivity index (χ4v) is 4.92. The van der Waals surface area contributed by atoms with Gasteiger partial charge in [0.05, 0.1) is 0 Å². The fraction of sp³-hybridized carbons (Fsp3) is 0.143. The summed E-state index contributed by atoms with van der Waals surface area (Å²) in [4.78, 5) is 0. The molecule has 16 heavy (non-hydrogen) atoms. The van der Waals surface area contributed by atoms with Gasteiger partial charge in [0.2, 0.25) is 0 Å². The van der Waals surface area contributed by atoms with Gasteiger partial charge in [-0.1, -0.05) is 79.4 Å². The van der Waals surface area contributed by atoms with Crippen LogP contribution in [0.25, 0.3) is 0 Å². The second-order valence-corrected chi connectivity index (χ2v) is 8.74. The minimum atomic E-state index is -1.57. The van der Waals surface area contributed by atoms with E-state index in [-0.39, 0.29) is 0 Å². The number of hydrogen-bond donors (Lipinski definition) is 0. The molecule has 0 atom stereocenters. The standard InChI is InChI=1S/C14H15PS/c1-2-15(16,13-9-5-3-6-10-13)14-11-7-4-8-12-14/h3-12H,2H2,1H3. The minimum Gasteiger partial charge on any atom is -0.0876 e. The number of rotatable bonds is 3. The summed E-state index contributed by atoms with van der Waals surface area (Å²) in [5, 5.41) is 2.64. The summed E-state index contributed by atoms with van der Waals surface area (Å²) in [6.45, 7) is 2.20. The van der Waals surface area contributed by atoms with Crippen LogP contribution < -0.4 is 10.6 Å². The molecule has 0 bridgehead atoms. The molecular formula is C14H15PS. The van der Waals surface area contributed by atoms with Crippen LogP contribution in [0.5, 0.6) is 0 Å². The first-order valence-electron chi connectivity index (χ1n) is 5.47. The normalized spacial score (nSPS) is 11.3. The molecule has 0 saturated heterocycles. The van der Waals surface area contributed by atoms with Crippen LogP contribution in [0.2, 0.25) is 0 Å². The van der Waals surface area contributed by atoms with E-state index in [1.807, 2.05) is 12.1 Å². The quantitative estimate of drug-likeness (QED) is 0.750. The Morgan fingerprint density at radius 3 is 1.50 bits per heavy atom. The van der Waals surface area contributed by atoms with E-state index < -0.39 is 6.04 Å². The molecule has 2 heteroatoms. The van der Waals surface area contributed by atoms with Crippen molar-refractivity contribution in [2.24, 2.45) is 0 Å². The molecule has 2 rings (SSSR count). The summed E-state index contributed by atoms with van der Waals surface area (Å²) in [7, 11) is 0. The van der Waals surface area contributed by atoms with Crippen LogP contribution in [0, 0.1) is 0 Å². The maximum Gasteiger partial charge on any atom is 0.0103 e. The third-order valence-electron chi connectivity index (χ3n) is 2.79. The number of hydrogen-bond acceptors (Lipinski definition) is 1. The van der Waals surface area contributed by atoms with Crippen molar-refractivity contribution in [3.05, 3.63) is 60.7 Å². The third-order valence-corrected chi connectivity index (χ3v) is 7.99. The molecule has 0 unspecified atom stereocenters. The molecule has 0 aliphatic carbocycles. The van der Waals surface area contributed by atoms with E-state index >= 15 is 0 Å². The Morgan fingerprint density at radius 2 is 1.19 bits per heavy atom. The maximum atomic E-state index is 5.95. The Labute approximate surface area is 102 Å². The summed E-state index contributed by atoms with van der Waals surface area (Å²) in [5.74, 6) is 0. The highest BCUT2D eigenvalue weighted by molar-refractivity contribution is 8.21. The fourth-order valence-electron chi connectivity index (χ4n) is 1.85. The van der Waals surface area contributed by atoms with Gasteiger partial charge >= 0.3 is 0 Å². The third kappa shape index (κ3) is 2.11. The second kappa shape index (κ2) is 4.95. The molecule has 2 aromatic carbocycles. The smallest absolute Gasteiger partial charge is 0.0103 e. The largest absolute Gasteiger partial charge is 0.0876 e. The van der Waals surface area contributed by atoms with Crippen molar-refractivity contribution in [2.45, 2.75) is 6.92 Å². The molecule has 0 saturated carbocycles. The van der Waals surface area contributed by atoms with Crippen molar-refractivity contribution >= 4 is 28.5 Å². The summed E-state index contributed by atoms with van der Waals surface area (Å²) in [5.41, 5.74) is 0. The molecule has 0 aromatic heterocycles. The van der Waals surface area contributed by atoms with Gasteiger partial charge in [0.15, 0.2) is 0 Å². The topological polar surface area (TPSA) is 0 Å². The molecule has 2 aromatic rings. The molecule has 0 radical (unpaired) electrons. The highest BCUT2D eigenvalue weighted by Crippen LogP contribution is 2.42. The summed E-state index contributed by atoms with van der Waals surface area (Å²) >= 11 is 5.95. The van der Waals surface area contributed by atoms with E-state index in [9.17, 15) is 0 Å². The predicted molar refractivity (Wildman–Crippen MR) is 77.0 cm³/mol. The Balaban J connectivity index is 2.54. The molecule has 82 valence electrons. The lowest BCUT2D eigenvalue weighted by atomic mass is 10.4. The zero-order valence-corrected chi connectivity index (χ0v) is 11.0. The molecule has 0 nitrogen and oxygen atoms in total. The van der Waals surface area contributed by atoms with E-state index in [1.54, 1.807) is 0 Å². The van der Waals surface area contributed by atoms with Crippen molar-refractivity contribution in [1.82, 2.24) is 0 Å². The van der Waals surface area contributed by atoms with Gasteiger partial charge in [0, 0.05) is 6.04 Å². The Morgan fingerprint density at radius 1 is 0.812 bits per heavy atom. The van der Waals surface area contributed by atoms with Crippen molar-refractivity contribution in [2.75, 3.05) is 6.16 Å². The molecule has 0 amide bonds. The summed E-state index contributed by atoms with van der Waals surface area (Å²) in [6, 6.07) is 19.5. The predicted octanol–water partition coefficient (Wildman–Crippen LogP) is 3.14. The first-order valence-corrected chi connectivity index (χ1v) is 8.46. The van der Waals surface area contributed by atoms with Gasteiger partial charge in [-0.3, -0.25) is 0 Å². The summed E-state index contributed by atoms with van der Waals surface area (Å²) < 4.78 is 0.